The van der Waals surface area contributed by atoms with Crippen LogP contribution in [0.3, 0.4) is 0 Å². The Morgan fingerprint density at radius 3 is 2.69 bits per heavy atom. The topological polar surface area (TPSA) is 69.0 Å². The second-order valence-corrected chi connectivity index (χ2v) is 6.97. The van der Waals surface area contributed by atoms with Crippen LogP contribution >= 0.6 is 35.0 Å². The van der Waals surface area contributed by atoms with Crippen molar-refractivity contribution >= 4 is 46.6 Å². The summed E-state index contributed by atoms with van der Waals surface area (Å²) in [6.07, 6.45) is 1.58. The van der Waals surface area contributed by atoms with E-state index in [1.54, 1.807) is 36.2 Å². The molecule has 0 unspecified atom stereocenters. The van der Waals surface area contributed by atoms with Gasteiger partial charge in [0.25, 0.3) is 0 Å². The first-order valence-electron chi connectivity index (χ1n) is 7.49. The summed E-state index contributed by atoms with van der Waals surface area (Å²) < 4.78 is 7.13. The summed E-state index contributed by atoms with van der Waals surface area (Å²) in [5.41, 5.74) is 1.34. The molecule has 1 amide bonds. The summed E-state index contributed by atoms with van der Waals surface area (Å²) in [4.78, 5) is 12.2. The first-order valence-corrected chi connectivity index (χ1v) is 9.23. The van der Waals surface area contributed by atoms with E-state index < -0.39 is 0 Å². The fraction of sp³-hybridized carbons (Fsp3) is 0.118. The van der Waals surface area contributed by atoms with Crippen molar-refractivity contribution in [3.05, 3.63) is 58.8 Å². The molecule has 1 heterocycles. The molecule has 0 bridgehead atoms. The van der Waals surface area contributed by atoms with Crippen molar-refractivity contribution in [3.63, 3.8) is 0 Å². The Balaban J connectivity index is 1.69. The van der Waals surface area contributed by atoms with Gasteiger partial charge in [0.05, 0.1) is 18.6 Å². The van der Waals surface area contributed by atoms with Crippen LogP contribution in [-0.4, -0.2) is 33.5 Å². The van der Waals surface area contributed by atoms with Crippen molar-refractivity contribution in [1.29, 1.82) is 0 Å². The number of aromatic nitrogens is 3. The summed E-state index contributed by atoms with van der Waals surface area (Å²) >= 11 is 13.1. The summed E-state index contributed by atoms with van der Waals surface area (Å²) in [6, 6.07) is 12.4. The average molecular weight is 409 g/mol. The molecule has 1 N–H and O–H groups in total. The summed E-state index contributed by atoms with van der Waals surface area (Å²) in [5.74, 6) is 0.632. The Kier molecular flexibility index (Phi) is 6.03. The minimum Gasteiger partial charge on any atom is -0.495 e. The van der Waals surface area contributed by atoms with Crippen molar-refractivity contribution < 1.29 is 9.53 Å². The predicted octanol–water partition coefficient (Wildman–Crippen LogP) is 4.31. The van der Waals surface area contributed by atoms with Crippen LogP contribution < -0.4 is 10.1 Å². The zero-order valence-corrected chi connectivity index (χ0v) is 16.0. The molecule has 0 aliphatic heterocycles. The van der Waals surface area contributed by atoms with Crippen molar-refractivity contribution in [3.8, 4) is 11.4 Å². The van der Waals surface area contributed by atoms with Gasteiger partial charge in [-0.05, 0) is 30.3 Å². The van der Waals surface area contributed by atoms with E-state index in [9.17, 15) is 4.79 Å². The molecule has 3 aromatic rings. The highest BCUT2D eigenvalue weighted by atomic mass is 35.5. The maximum absolute atomic E-state index is 12.2. The number of amides is 1. The Morgan fingerprint density at radius 1 is 1.23 bits per heavy atom. The molecule has 0 spiro atoms. The van der Waals surface area contributed by atoms with Gasteiger partial charge >= 0.3 is 0 Å². The summed E-state index contributed by atoms with van der Waals surface area (Å²) in [7, 11) is 1.60. The van der Waals surface area contributed by atoms with E-state index in [0.717, 1.165) is 5.69 Å². The number of anilines is 1. The third-order valence-electron chi connectivity index (χ3n) is 3.34. The van der Waals surface area contributed by atoms with Gasteiger partial charge in [0.2, 0.25) is 5.91 Å². The van der Waals surface area contributed by atoms with Gasteiger partial charge in [0.15, 0.2) is 5.16 Å². The van der Waals surface area contributed by atoms with Gasteiger partial charge in [0.1, 0.15) is 12.1 Å². The minimum absolute atomic E-state index is 0.151. The van der Waals surface area contributed by atoms with Crippen molar-refractivity contribution in [2.45, 2.75) is 5.16 Å². The van der Waals surface area contributed by atoms with Crippen LogP contribution in [0.4, 0.5) is 5.69 Å². The maximum atomic E-state index is 12.2. The van der Waals surface area contributed by atoms with Gasteiger partial charge in [-0.2, -0.15) is 0 Å². The highest BCUT2D eigenvalue weighted by molar-refractivity contribution is 7.99. The number of rotatable bonds is 6. The van der Waals surface area contributed by atoms with Crippen LogP contribution in [0.5, 0.6) is 5.75 Å². The molecule has 2 aromatic carbocycles. The lowest BCUT2D eigenvalue weighted by Crippen LogP contribution is -2.14. The van der Waals surface area contributed by atoms with E-state index in [2.05, 4.69) is 15.5 Å². The fourth-order valence-electron chi connectivity index (χ4n) is 2.27. The molecule has 0 atom stereocenters. The smallest absolute Gasteiger partial charge is 0.234 e. The SMILES string of the molecule is COc1ccccc1-n1cnnc1SCC(=O)Nc1cc(Cl)cc(Cl)c1. The molecule has 0 saturated heterocycles. The molecular weight excluding hydrogens is 395 g/mol. The molecule has 134 valence electrons. The number of para-hydroxylation sites is 2. The number of halogens is 2. The molecule has 1 aromatic heterocycles. The van der Waals surface area contributed by atoms with Crippen LogP contribution in [0.25, 0.3) is 5.69 Å². The van der Waals surface area contributed by atoms with Crippen LogP contribution in [0.15, 0.2) is 53.9 Å². The maximum Gasteiger partial charge on any atom is 0.234 e. The number of hydrogen-bond acceptors (Lipinski definition) is 5. The Bertz CT molecular complexity index is 912. The molecular formula is C17H14Cl2N4O2S. The normalized spacial score (nSPS) is 10.6. The Labute approximate surface area is 164 Å². The molecule has 9 heteroatoms. The number of nitrogens with zero attached hydrogens (tertiary/aromatic N) is 3. The van der Waals surface area contributed by atoms with Crippen LogP contribution in [-0.2, 0) is 4.79 Å². The summed E-state index contributed by atoms with van der Waals surface area (Å²) in [6.45, 7) is 0. The molecule has 0 radical (unpaired) electrons. The predicted molar refractivity (Wildman–Crippen MR) is 104 cm³/mol. The molecule has 6 nitrogen and oxygen atoms in total. The fourth-order valence-corrected chi connectivity index (χ4v) is 3.52. The number of ether oxygens (including phenoxy) is 1. The monoisotopic (exact) mass is 408 g/mol. The largest absolute Gasteiger partial charge is 0.495 e. The van der Waals surface area contributed by atoms with E-state index >= 15 is 0 Å². The lowest BCUT2D eigenvalue weighted by atomic mass is 10.3. The molecule has 0 fully saturated rings. The van der Waals surface area contributed by atoms with Gasteiger partial charge in [-0.15, -0.1) is 10.2 Å². The number of carbonyl (C=O) groups excluding carboxylic acids is 1. The second-order valence-electron chi connectivity index (χ2n) is 5.15. The zero-order valence-electron chi connectivity index (χ0n) is 13.6. The third-order valence-corrected chi connectivity index (χ3v) is 4.72. The van der Waals surface area contributed by atoms with Gasteiger partial charge in [-0.3, -0.25) is 9.36 Å². The minimum atomic E-state index is -0.206. The third kappa shape index (κ3) is 4.49. The van der Waals surface area contributed by atoms with E-state index in [-0.39, 0.29) is 11.7 Å². The number of nitrogens with one attached hydrogen (secondary N) is 1. The van der Waals surface area contributed by atoms with Crippen LogP contribution in [0.2, 0.25) is 10.0 Å². The Hall–Kier alpha value is -2.22. The molecule has 0 aliphatic rings. The number of thioether (sulfide) groups is 1. The second kappa shape index (κ2) is 8.44. The van der Waals surface area contributed by atoms with Gasteiger partial charge in [-0.1, -0.05) is 47.1 Å². The Morgan fingerprint density at radius 2 is 1.96 bits per heavy atom. The van der Waals surface area contributed by atoms with E-state index in [1.165, 1.54) is 11.8 Å². The van der Waals surface area contributed by atoms with Crippen LogP contribution in [0.1, 0.15) is 0 Å². The highest BCUT2D eigenvalue weighted by Crippen LogP contribution is 2.27. The van der Waals surface area contributed by atoms with E-state index in [1.807, 2.05) is 24.3 Å². The number of benzene rings is 2. The van der Waals surface area contributed by atoms with Crippen molar-refractivity contribution in [2.75, 3.05) is 18.2 Å². The zero-order chi connectivity index (χ0) is 18.5. The quantitative estimate of drug-likeness (QED) is 0.615. The standard InChI is InChI=1S/C17H14Cl2N4O2S/c1-25-15-5-3-2-4-14(15)23-10-20-22-17(23)26-9-16(24)21-13-7-11(18)6-12(19)8-13/h2-8,10H,9H2,1H3,(H,21,24). The number of carbonyl (C=O) groups is 1. The van der Waals surface area contributed by atoms with E-state index in [0.29, 0.717) is 26.6 Å². The van der Waals surface area contributed by atoms with E-state index in [4.69, 9.17) is 27.9 Å². The van der Waals surface area contributed by atoms with Crippen molar-refractivity contribution in [2.24, 2.45) is 0 Å². The lowest BCUT2D eigenvalue weighted by molar-refractivity contribution is -0.113. The molecule has 0 aliphatic carbocycles. The number of hydrogen-bond donors (Lipinski definition) is 1. The average Bonchev–Trinajstić information content (AvgIpc) is 3.07. The van der Waals surface area contributed by atoms with Gasteiger partial charge < -0.3 is 10.1 Å². The van der Waals surface area contributed by atoms with Crippen LogP contribution in [0, 0.1) is 0 Å². The first kappa shape index (κ1) is 18.6. The van der Waals surface area contributed by atoms with Gasteiger partial charge in [-0.25, -0.2) is 0 Å². The summed E-state index contributed by atoms with van der Waals surface area (Å²) in [5, 5.41) is 12.2. The molecule has 0 saturated carbocycles. The molecule has 26 heavy (non-hydrogen) atoms. The number of methoxy groups -OCH3 is 1. The first-order chi connectivity index (χ1) is 12.6. The highest BCUT2D eigenvalue weighted by Gasteiger charge is 2.13. The molecule has 3 rings (SSSR count). The van der Waals surface area contributed by atoms with Gasteiger partial charge in [0, 0.05) is 15.7 Å². The lowest BCUT2D eigenvalue weighted by Gasteiger charge is -2.10. The van der Waals surface area contributed by atoms with Crippen molar-refractivity contribution in [1.82, 2.24) is 14.8 Å².